The maximum atomic E-state index is 11.9. The van der Waals surface area contributed by atoms with Crippen LogP contribution >= 0.6 is 23.2 Å². The first kappa shape index (κ1) is 15.1. The zero-order valence-electron chi connectivity index (χ0n) is 10.4. The number of carboxylic acids is 1. The lowest BCUT2D eigenvalue weighted by Crippen LogP contribution is -2.35. The molecule has 1 aromatic carbocycles. The molecule has 0 spiro atoms. The molecule has 20 heavy (non-hydrogen) atoms. The summed E-state index contributed by atoms with van der Waals surface area (Å²) < 4.78 is 5.16. The summed E-state index contributed by atoms with van der Waals surface area (Å²) in [5.74, 6) is -1.37. The van der Waals surface area contributed by atoms with E-state index in [0.717, 1.165) is 5.56 Å². The van der Waals surface area contributed by atoms with Crippen LogP contribution in [0.4, 0.5) is 0 Å². The standard InChI is InChI=1S/C13H13Cl2NO4/c14-8-2-1-7(9(15)5-8)6-16-12(17)10-3-4-11(20-10)13(18)19/h1-2,5,10-11H,3-4,6H2,(H,16,17)(H,18,19)/t10-,11+/m0/s1. The summed E-state index contributed by atoms with van der Waals surface area (Å²) in [6.07, 6.45) is -0.876. The third-order valence-corrected chi connectivity index (χ3v) is 3.64. The fourth-order valence-electron chi connectivity index (χ4n) is 1.97. The summed E-state index contributed by atoms with van der Waals surface area (Å²) in [6.45, 7) is 0.242. The predicted octanol–water partition coefficient (Wildman–Crippen LogP) is 2.24. The van der Waals surface area contributed by atoms with E-state index in [-0.39, 0.29) is 12.5 Å². The first-order valence-corrected chi connectivity index (χ1v) is 6.83. The number of rotatable bonds is 4. The number of carbonyl (C=O) groups excluding carboxylic acids is 1. The van der Waals surface area contributed by atoms with E-state index in [0.29, 0.717) is 22.9 Å². The van der Waals surface area contributed by atoms with Crippen molar-refractivity contribution < 1.29 is 19.4 Å². The molecule has 1 amide bonds. The second-order valence-electron chi connectivity index (χ2n) is 4.48. The number of hydrogen-bond acceptors (Lipinski definition) is 3. The molecule has 7 heteroatoms. The summed E-state index contributed by atoms with van der Waals surface area (Å²) >= 11 is 11.8. The van der Waals surface area contributed by atoms with E-state index in [1.807, 2.05) is 0 Å². The van der Waals surface area contributed by atoms with Crippen LogP contribution in [0, 0.1) is 0 Å². The second-order valence-corrected chi connectivity index (χ2v) is 5.33. The van der Waals surface area contributed by atoms with Gasteiger partial charge in [-0.25, -0.2) is 4.79 Å². The Morgan fingerprint density at radius 3 is 2.60 bits per heavy atom. The molecule has 1 heterocycles. The van der Waals surface area contributed by atoms with Crippen LogP contribution in [0.25, 0.3) is 0 Å². The lowest BCUT2D eigenvalue weighted by atomic mass is 10.2. The van der Waals surface area contributed by atoms with Gasteiger partial charge in [0.1, 0.15) is 6.10 Å². The Bertz CT molecular complexity index is 535. The molecule has 0 aromatic heterocycles. The Morgan fingerprint density at radius 2 is 2.00 bits per heavy atom. The zero-order chi connectivity index (χ0) is 14.7. The summed E-state index contributed by atoms with van der Waals surface area (Å²) in [5, 5.41) is 12.5. The number of aliphatic carboxylic acids is 1. The third kappa shape index (κ3) is 3.62. The van der Waals surface area contributed by atoms with E-state index in [1.165, 1.54) is 0 Å². The Morgan fingerprint density at radius 1 is 1.30 bits per heavy atom. The SMILES string of the molecule is O=C(NCc1ccc(Cl)cc1Cl)[C@@H]1CC[C@H](C(=O)O)O1. The average molecular weight is 318 g/mol. The van der Waals surface area contributed by atoms with E-state index in [4.69, 9.17) is 33.0 Å². The molecular weight excluding hydrogens is 305 g/mol. The van der Waals surface area contributed by atoms with Gasteiger partial charge in [-0.2, -0.15) is 0 Å². The lowest BCUT2D eigenvalue weighted by molar-refractivity contribution is -0.151. The highest BCUT2D eigenvalue weighted by atomic mass is 35.5. The predicted molar refractivity (Wildman–Crippen MR) is 73.8 cm³/mol. The molecule has 0 bridgehead atoms. The van der Waals surface area contributed by atoms with Gasteiger partial charge in [-0.15, -0.1) is 0 Å². The van der Waals surface area contributed by atoms with E-state index >= 15 is 0 Å². The van der Waals surface area contributed by atoms with Crippen LogP contribution in [0.15, 0.2) is 18.2 Å². The molecule has 2 N–H and O–H groups in total. The van der Waals surface area contributed by atoms with Crippen molar-refractivity contribution in [2.24, 2.45) is 0 Å². The average Bonchev–Trinajstić information content (AvgIpc) is 2.87. The maximum Gasteiger partial charge on any atom is 0.332 e. The smallest absolute Gasteiger partial charge is 0.332 e. The summed E-state index contributed by atoms with van der Waals surface area (Å²) in [7, 11) is 0. The van der Waals surface area contributed by atoms with Gasteiger partial charge < -0.3 is 15.2 Å². The van der Waals surface area contributed by atoms with Gasteiger partial charge in [0.05, 0.1) is 0 Å². The van der Waals surface area contributed by atoms with Crippen molar-refractivity contribution in [3.05, 3.63) is 33.8 Å². The second kappa shape index (κ2) is 6.43. The first-order chi connectivity index (χ1) is 9.47. The molecule has 0 radical (unpaired) electrons. The van der Waals surface area contributed by atoms with Crippen LogP contribution in [-0.4, -0.2) is 29.2 Å². The van der Waals surface area contributed by atoms with Crippen LogP contribution in [-0.2, 0) is 20.9 Å². The number of amides is 1. The van der Waals surface area contributed by atoms with Gasteiger partial charge in [-0.3, -0.25) is 4.79 Å². The minimum absolute atomic E-state index is 0.242. The molecule has 0 saturated carbocycles. The number of nitrogens with one attached hydrogen (secondary N) is 1. The van der Waals surface area contributed by atoms with E-state index in [1.54, 1.807) is 18.2 Å². The Labute approximate surface area is 125 Å². The first-order valence-electron chi connectivity index (χ1n) is 6.07. The Balaban J connectivity index is 1.88. The molecule has 108 valence electrons. The minimum atomic E-state index is -1.04. The van der Waals surface area contributed by atoms with E-state index < -0.39 is 18.2 Å². The molecule has 2 rings (SSSR count). The van der Waals surface area contributed by atoms with E-state index in [2.05, 4.69) is 5.32 Å². The van der Waals surface area contributed by atoms with Crippen LogP contribution in [0.5, 0.6) is 0 Å². The molecule has 2 atom stereocenters. The normalized spacial score (nSPS) is 21.7. The Hall–Kier alpha value is -1.30. The largest absolute Gasteiger partial charge is 0.479 e. The molecule has 5 nitrogen and oxygen atoms in total. The molecule has 1 aliphatic heterocycles. The third-order valence-electron chi connectivity index (χ3n) is 3.06. The number of ether oxygens (including phenoxy) is 1. The van der Waals surface area contributed by atoms with Crippen molar-refractivity contribution in [2.75, 3.05) is 0 Å². The molecule has 0 aliphatic carbocycles. The number of carbonyl (C=O) groups is 2. The molecular formula is C13H13Cl2NO4. The van der Waals surface area contributed by atoms with Crippen molar-refractivity contribution in [2.45, 2.75) is 31.6 Å². The highest BCUT2D eigenvalue weighted by molar-refractivity contribution is 6.35. The van der Waals surface area contributed by atoms with Crippen molar-refractivity contribution >= 4 is 35.1 Å². The monoisotopic (exact) mass is 317 g/mol. The number of carboxylic acid groups (broad SMARTS) is 1. The van der Waals surface area contributed by atoms with Crippen molar-refractivity contribution in [3.63, 3.8) is 0 Å². The van der Waals surface area contributed by atoms with Crippen LogP contribution in [0.3, 0.4) is 0 Å². The van der Waals surface area contributed by atoms with Crippen LogP contribution in [0.1, 0.15) is 18.4 Å². The van der Waals surface area contributed by atoms with Gasteiger partial charge in [0.2, 0.25) is 5.91 Å². The summed E-state index contributed by atoms with van der Waals surface area (Å²) in [6, 6.07) is 5.00. The molecule has 1 fully saturated rings. The Kier molecular flexibility index (Phi) is 4.86. The number of hydrogen-bond donors (Lipinski definition) is 2. The van der Waals surface area contributed by atoms with Crippen molar-refractivity contribution in [1.29, 1.82) is 0 Å². The van der Waals surface area contributed by atoms with Gasteiger partial charge in [0.25, 0.3) is 0 Å². The van der Waals surface area contributed by atoms with Crippen molar-refractivity contribution in [3.8, 4) is 0 Å². The van der Waals surface area contributed by atoms with Gasteiger partial charge >= 0.3 is 5.97 Å². The van der Waals surface area contributed by atoms with Crippen LogP contribution in [0.2, 0.25) is 10.0 Å². The quantitative estimate of drug-likeness (QED) is 0.893. The van der Waals surface area contributed by atoms with Gasteiger partial charge in [0, 0.05) is 16.6 Å². The maximum absolute atomic E-state index is 11.9. The zero-order valence-corrected chi connectivity index (χ0v) is 11.9. The molecule has 0 unspecified atom stereocenters. The van der Waals surface area contributed by atoms with E-state index in [9.17, 15) is 9.59 Å². The minimum Gasteiger partial charge on any atom is -0.479 e. The lowest BCUT2D eigenvalue weighted by Gasteiger charge is -2.12. The molecule has 1 aliphatic rings. The van der Waals surface area contributed by atoms with Crippen molar-refractivity contribution in [1.82, 2.24) is 5.32 Å². The van der Waals surface area contributed by atoms with Gasteiger partial charge in [-0.05, 0) is 30.5 Å². The highest BCUT2D eigenvalue weighted by Crippen LogP contribution is 2.22. The summed E-state index contributed by atoms with van der Waals surface area (Å²) in [5.41, 5.74) is 0.734. The number of benzene rings is 1. The van der Waals surface area contributed by atoms with Gasteiger partial charge in [-0.1, -0.05) is 29.3 Å². The number of halogens is 2. The van der Waals surface area contributed by atoms with Gasteiger partial charge in [0.15, 0.2) is 6.10 Å². The molecule has 1 saturated heterocycles. The summed E-state index contributed by atoms with van der Waals surface area (Å²) in [4.78, 5) is 22.6. The topological polar surface area (TPSA) is 75.6 Å². The highest BCUT2D eigenvalue weighted by Gasteiger charge is 2.34. The fraction of sp³-hybridized carbons (Fsp3) is 0.385. The fourth-order valence-corrected chi connectivity index (χ4v) is 2.45. The van der Waals surface area contributed by atoms with Crippen LogP contribution < -0.4 is 5.32 Å². The molecule has 1 aromatic rings.